The van der Waals surface area contributed by atoms with Crippen molar-refractivity contribution in [2.24, 2.45) is 21.7 Å². The number of hydrogen-bond donors (Lipinski definition) is 2. The molecular formula is C8H11N5. The van der Waals surface area contributed by atoms with E-state index < -0.39 is 0 Å². The molecule has 1 aromatic heterocycles. The first-order valence-electron chi connectivity index (χ1n) is 3.74. The second-order valence-electron chi connectivity index (χ2n) is 2.47. The molecule has 0 spiro atoms. The van der Waals surface area contributed by atoms with Crippen molar-refractivity contribution in [1.82, 2.24) is 4.98 Å². The summed E-state index contributed by atoms with van der Waals surface area (Å²) in [6, 6.07) is 5.61. The van der Waals surface area contributed by atoms with Gasteiger partial charge in [-0.1, -0.05) is 6.07 Å². The molecule has 0 amide bonds. The first-order valence-corrected chi connectivity index (χ1v) is 3.74. The number of pyridine rings is 1. The topological polar surface area (TPSA) is 89.6 Å². The lowest BCUT2D eigenvalue weighted by molar-refractivity contribution is 1.16. The van der Waals surface area contributed by atoms with Crippen LogP contribution in [0.4, 0.5) is 0 Å². The first-order chi connectivity index (χ1) is 6.18. The molecular weight excluding hydrogens is 166 g/mol. The van der Waals surface area contributed by atoms with Crippen molar-refractivity contribution in [1.29, 1.82) is 0 Å². The van der Waals surface area contributed by atoms with Crippen molar-refractivity contribution in [3.8, 4) is 0 Å². The smallest absolute Gasteiger partial charge is 0.211 e. The first kappa shape index (κ1) is 9.18. The van der Waals surface area contributed by atoms with E-state index >= 15 is 0 Å². The van der Waals surface area contributed by atoms with E-state index in [9.17, 15) is 0 Å². The van der Waals surface area contributed by atoms with Gasteiger partial charge in [0.15, 0.2) is 0 Å². The molecule has 68 valence electrons. The van der Waals surface area contributed by atoms with Crippen molar-refractivity contribution in [3.05, 3.63) is 29.6 Å². The van der Waals surface area contributed by atoms with E-state index in [2.05, 4.69) is 15.2 Å². The molecule has 0 aliphatic carbocycles. The minimum Gasteiger partial charge on any atom is -0.369 e. The highest BCUT2D eigenvalue weighted by molar-refractivity contribution is 5.79. The van der Waals surface area contributed by atoms with Crippen LogP contribution < -0.4 is 11.5 Å². The fraction of sp³-hybridized carbons (Fsp3) is 0.125. The van der Waals surface area contributed by atoms with Crippen molar-refractivity contribution in [3.63, 3.8) is 0 Å². The van der Waals surface area contributed by atoms with Gasteiger partial charge >= 0.3 is 0 Å². The Hall–Kier alpha value is -1.91. The third kappa shape index (κ3) is 3.33. The Bertz CT molecular complexity index is 338. The predicted octanol–water partition coefficient (Wildman–Crippen LogP) is -0.00268. The molecule has 0 unspecified atom stereocenters. The standard InChI is InChI=1S/C8H11N5/c1-6-3-2-4-7(12-6)5-11-13-8(9)10/h2-5H,1H3,(H4,9,10,13)/b11-5+. The largest absolute Gasteiger partial charge is 0.369 e. The molecule has 0 radical (unpaired) electrons. The highest BCUT2D eigenvalue weighted by atomic mass is 15.3. The van der Waals surface area contributed by atoms with E-state index in [1.807, 2.05) is 25.1 Å². The average Bonchev–Trinajstić information content (AvgIpc) is 2.03. The molecule has 1 heterocycles. The van der Waals surface area contributed by atoms with Crippen LogP contribution in [0, 0.1) is 6.92 Å². The summed E-state index contributed by atoms with van der Waals surface area (Å²) in [4.78, 5) is 4.17. The van der Waals surface area contributed by atoms with Crippen molar-refractivity contribution in [2.45, 2.75) is 6.92 Å². The van der Waals surface area contributed by atoms with Gasteiger partial charge in [-0.15, -0.1) is 5.10 Å². The van der Waals surface area contributed by atoms with Crippen LogP contribution in [-0.4, -0.2) is 17.2 Å². The minimum absolute atomic E-state index is 0.0658. The molecule has 5 nitrogen and oxygen atoms in total. The Morgan fingerprint density at radius 3 is 2.85 bits per heavy atom. The van der Waals surface area contributed by atoms with Gasteiger partial charge in [0.25, 0.3) is 0 Å². The highest BCUT2D eigenvalue weighted by Gasteiger charge is 1.88. The molecule has 0 saturated carbocycles. The number of nitrogens with two attached hydrogens (primary N) is 2. The highest BCUT2D eigenvalue weighted by Crippen LogP contribution is 1.94. The molecule has 1 aromatic rings. The van der Waals surface area contributed by atoms with Gasteiger partial charge in [-0.3, -0.25) is 4.98 Å². The summed E-state index contributed by atoms with van der Waals surface area (Å²) < 4.78 is 0. The molecule has 0 bridgehead atoms. The molecule has 0 aromatic carbocycles. The predicted molar refractivity (Wildman–Crippen MR) is 52.4 cm³/mol. The Morgan fingerprint density at radius 2 is 2.23 bits per heavy atom. The third-order valence-corrected chi connectivity index (χ3v) is 1.27. The van der Waals surface area contributed by atoms with E-state index in [-0.39, 0.29) is 5.96 Å². The number of aromatic nitrogens is 1. The summed E-state index contributed by atoms with van der Waals surface area (Å²) in [5.74, 6) is -0.0658. The maximum absolute atomic E-state index is 5.08. The molecule has 0 atom stereocenters. The van der Waals surface area contributed by atoms with Crippen LogP contribution in [0.25, 0.3) is 0 Å². The Kier molecular flexibility index (Phi) is 2.97. The van der Waals surface area contributed by atoms with Gasteiger partial charge in [0.2, 0.25) is 5.96 Å². The van der Waals surface area contributed by atoms with Gasteiger partial charge in [0.1, 0.15) is 0 Å². The van der Waals surface area contributed by atoms with Crippen LogP contribution in [-0.2, 0) is 0 Å². The van der Waals surface area contributed by atoms with Gasteiger partial charge in [0.05, 0.1) is 11.9 Å². The van der Waals surface area contributed by atoms with Crippen LogP contribution in [0.3, 0.4) is 0 Å². The fourth-order valence-corrected chi connectivity index (χ4v) is 0.791. The monoisotopic (exact) mass is 177 g/mol. The number of hydrogen-bond acceptors (Lipinski definition) is 3. The Morgan fingerprint density at radius 1 is 1.46 bits per heavy atom. The van der Waals surface area contributed by atoms with Crippen molar-refractivity contribution < 1.29 is 0 Å². The van der Waals surface area contributed by atoms with Crippen LogP contribution in [0.5, 0.6) is 0 Å². The zero-order valence-corrected chi connectivity index (χ0v) is 7.31. The third-order valence-electron chi connectivity index (χ3n) is 1.27. The maximum Gasteiger partial charge on any atom is 0.211 e. The van der Waals surface area contributed by atoms with Crippen LogP contribution in [0.1, 0.15) is 11.4 Å². The van der Waals surface area contributed by atoms with Crippen LogP contribution in [0.15, 0.2) is 28.4 Å². The summed E-state index contributed by atoms with van der Waals surface area (Å²) in [5.41, 5.74) is 11.8. The summed E-state index contributed by atoms with van der Waals surface area (Å²) in [6.07, 6.45) is 1.49. The number of nitrogens with zero attached hydrogens (tertiary/aromatic N) is 3. The Labute approximate surface area is 76.2 Å². The van der Waals surface area contributed by atoms with Gasteiger partial charge in [-0.05, 0) is 19.1 Å². The lowest BCUT2D eigenvalue weighted by atomic mass is 10.3. The molecule has 4 N–H and O–H groups in total. The van der Waals surface area contributed by atoms with Crippen molar-refractivity contribution >= 4 is 12.2 Å². The van der Waals surface area contributed by atoms with E-state index in [1.165, 1.54) is 6.21 Å². The number of rotatable bonds is 2. The van der Waals surface area contributed by atoms with Gasteiger partial charge in [-0.2, -0.15) is 5.10 Å². The summed E-state index contributed by atoms with van der Waals surface area (Å²) in [7, 11) is 0. The fourth-order valence-electron chi connectivity index (χ4n) is 0.791. The van der Waals surface area contributed by atoms with Gasteiger partial charge in [0, 0.05) is 5.69 Å². The Balaban J connectivity index is 2.75. The zero-order chi connectivity index (χ0) is 9.68. The molecule has 0 aliphatic rings. The normalized spacial score (nSPS) is 10.2. The second-order valence-corrected chi connectivity index (χ2v) is 2.47. The molecule has 0 saturated heterocycles. The zero-order valence-electron chi connectivity index (χ0n) is 7.31. The average molecular weight is 177 g/mol. The van der Waals surface area contributed by atoms with E-state index in [4.69, 9.17) is 11.5 Å². The summed E-state index contributed by atoms with van der Waals surface area (Å²) >= 11 is 0. The molecule has 0 fully saturated rings. The molecule has 1 rings (SSSR count). The molecule has 0 aliphatic heterocycles. The van der Waals surface area contributed by atoms with Crippen LogP contribution >= 0.6 is 0 Å². The van der Waals surface area contributed by atoms with Crippen molar-refractivity contribution in [2.75, 3.05) is 0 Å². The van der Waals surface area contributed by atoms with E-state index in [1.54, 1.807) is 0 Å². The molecule has 5 heteroatoms. The second kappa shape index (κ2) is 4.20. The van der Waals surface area contributed by atoms with Gasteiger partial charge in [-0.25, -0.2) is 0 Å². The van der Waals surface area contributed by atoms with E-state index in [0.29, 0.717) is 0 Å². The number of aryl methyl sites for hydroxylation is 1. The summed E-state index contributed by atoms with van der Waals surface area (Å²) in [6.45, 7) is 1.90. The molecule has 13 heavy (non-hydrogen) atoms. The van der Waals surface area contributed by atoms with Crippen LogP contribution in [0.2, 0.25) is 0 Å². The van der Waals surface area contributed by atoms with E-state index in [0.717, 1.165) is 11.4 Å². The van der Waals surface area contributed by atoms with Gasteiger partial charge < -0.3 is 11.5 Å². The summed E-state index contributed by atoms with van der Waals surface area (Å²) in [5, 5.41) is 7.08. The maximum atomic E-state index is 5.08. The lowest BCUT2D eigenvalue weighted by Crippen LogP contribution is -2.21. The number of guanidine groups is 1. The quantitative estimate of drug-likeness (QED) is 0.378. The lowest BCUT2D eigenvalue weighted by Gasteiger charge is -1.92. The minimum atomic E-state index is -0.0658. The SMILES string of the molecule is Cc1cccc(/C=N/N=C(N)N)n1.